The fraction of sp³-hybridized carbons (Fsp3) is 0. The van der Waals surface area contributed by atoms with Crippen molar-refractivity contribution in [3.63, 3.8) is 0 Å². The van der Waals surface area contributed by atoms with Crippen LogP contribution in [-0.4, -0.2) is 37.7 Å². The Labute approximate surface area is 64.2 Å². The van der Waals surface area contributed by atoms with Crippen molar-refractivity contribution in [3.8, 4) is 0 Å². The van der Waals surface area contributed by atoms with E-state index in [-0.39, 0.29) is 43.2 Å². The molecule has 0 saturated heterocycles. The molecule has 0 N–H and O–H groups in total. The van der Waals surface area contributed by atoms with Gasteiger partial charge in [0, 0.05) is 0 Å². The third-order valence-electron chi connectivity index (χ3n) is 0. The fourth-order valence-electron chi connectivity index (χ4n) is 0. The molecule has 4 heteroatoms. The van der Waals surface area contributed by atoms with Gasteiger partial charge >= 0.3 is 59.6 Å². The molecule has 0 aromatic heterocycles. The zero-order valence-electron chi connectivity index (χ0n) is 1.88. The van der Waals surface area contributed by atoms with E-state index >= 15 is 0 Å². The summed E-state index contributed by atoms with van der Waals surface area (Å²) in [6.45, 7) is 0. The van der Waals surface area contributed by atoms with Crippen LogP contribution in [0.5, 0.6) is 0 Å². The van der Waals surface area contributed by atoms with E-state index in [1.807, 2.05) is 0 Å². The van der Waals surface area contributed by atoms with Gasteiger partial charge in [0.25, 0.3) is 0 Å². The van der Waals surface area contributed by atoms with Crippen molar-refractivity contribution >= 4 is 37.7 Å². The van der Waals surface area contributed by atoms with Crippen molar-refractivity contribution in [3.05, 3.63) is 0 Å². The zero-order valence-corrected chi connectivity index (χ0v) is 5.82. The second-order valence-corrected chi connectivity index (χ2v) is 0. The van der Waals surface area contributed by atoms with Gasteiger partial charge in [-0.25, -0.2) is 0 Å². The first-order chi connectivity index (χ1) is 1.00. The molecule has 0 amide bonds. The van der Waals surface area contributed by atoms with E-state index in [2.05, 4.69) is 0 Å². The van der Waals surface area contributed by atoms with E-state index in [0.717, 1.165) is 18.3 Å². The van der Waals surface area contributed by atoms with Gasteiger partial charge in [0.15, 0.2) is 0 Å². The molecule has 0 atom stereocenters. The molecule has 2 nitrogen and oxygen atoms in total. The number of hydrogen-bond acceptors (Lipinski definition) is 1. The average Bonchev–Trinajstić information content (AvgIpc) is 1.00. The van der Waals surface area contributed by atoms with E-state index in [1.54, 1.807) is 0 Å². The molecule has 0 aliphatic rings. The monoisotopic (exact) mass is 174 g/mol. The van der Waals surface area contributed by atoms with Crippen LogP contribution in [0.1, 0.15) is 0 Å². The van der Waals surface area contributed by atoms with E-state index in [0.29, 0.717) is 0 Å². The first-order valence-corrected chi connectivity index (χ1v) is 0.854. The van der Waals surface area contributed by atoms with Crippen molar-refractivity contribution in [2.45, 2.75) is 0 Å². The second-order valence-electron chi connectivity index (χ2n) is 0. The Bertz CT molecular complexity index is 6.00. The first-order valence-electron chi connectivity index (χ1n) is 0.144. The topological polar surface area (TPSA) is 45.6 Å². The summed E-state index contributed by atoms with van der Waals surface area (Å²) in [7, 11) is 0. The van der Waals surface area contributed by atoms with Crippen molar-refractivity contribution < 1.29 is 27.3 Å². The molecule has 0 unspecified atom stereocenters. The van der Waals surface area contributed by atoms with Gasteiger partial charge in [-0.2, -0.15) is 0 Å². The SMILES string of the molecule is [Ca+2].[O-2].[O]=[Ru+]. The van der Waals surface area contributed by atoms with E-state index in [4.69, 9.17) is 3.57 Å². The average molecular weight is 173 g/mol. The summed E-state index contributed by atoms with van der Waals surface area (Å²) in [5.41, 5.74) is 0. The molecule has 0 radical (unpaired) electrons. The Hall–Kier alpha value is 1.64. The molecule has 0 saturated carbocycles. The van der Waals surface area contributed by atoms with Crippen LogP contribution in [0, 0.1) is 0 Å². The van der Waals surface area contributed by atoms with Gasteiger partial charge < -0.3 is 5.48 Å². The molecule has 0 aromatic carbocycles. The van der Waals surface area contributed by atoms with Crippen LogP contribution in [0.25, 0.3) is 0 Å². The van der Waals surface area contributed by atoms with Crippen LogP contribution < -0.4 is 0 Å². The first kappa shape index (κ1) is 17.4. The summed E-state index contributed by atoms with van der Waals surface area (Å²) in [4.78, 5) is 0. The summed E-state index contributed by atoms with van der Waals surface area (Å²) in [5.74, 6) is 0. The molecule has 0 bridgehead atoms. The van der Waals surface area contributed by atoms with E-state index in [1.165, 1.54) is 0 Å². The minimum absolute atomic E-state index is 0. The Kier molecular flexibility index (Phi) is 99.4. The maximum absolute atomic E-state index is 8.18. The molecule has 21 valence electrons. The molecule has 0 aliphatic heterocycles. The van der Waals surface area contributed by atoms with Crippen LogP contribution in [-0.2, 0) is 27.3 Å². The Balaban J connectivity index is -0.00000000500. The van der Waals surface area contributed by atoms with Crippen LogP contribution in [0.4, 0.5) is 0 Å². The summed E-state index contributed by atoms with van der Waals surface area (Å²) < 4.78 is 8.18. The normalized spacial score (nSPS) is 1.00. The molecule has 4 heavy (non-hydrogen) atoms. The third-order valence-corrected chi connectivity index (χ3v) is 0. The van der Waals surface area contributed by atoms with Crippen molar-refractivity contribution in [1.82, 2.24) is 0 Å². The number of hydrogen-bond donors (Lipinski definition) is 0. The van der Waals surface area contributed by atoms with Crippen LogP contribution >= 0.6 is 0 Å². The van der Waals surface area contributed by atoms with Crippen LogP contribution in [0.3, 0.4) is 0 Å². The summed E-state index contributed by atoms with van der Waals surface area (Å²) in [6.07, 6.45) is 0. The standard InChI is InChI=1S/Ca.2O.Ru/q+2;;-2;+1. The van der Waals surface area contributed by atoms with Gasteiger partial charge in [0.1, 0.15) is 0 Å². The Morgan fingerprint density at radius 2 is 1.25 bits per heavy atom. The van der Waals surface area contributed by atoms with Crippen LogP contribution in [0.2, 0.25) is 0 Å². The predicted octanol–water partition coefficient (Wildman–Crippen LogP) is -0.621. The second kappa shape index (κ2) is 22.8. The molecule has 0 aliphatic carbocycles. The quantitative estimate of drug-likeness (QED) is 0.450. The molecule has 0 heterocycles. The third kappa shape index (κ3) is 9.43. The van der Waals surface area contributed by atoms with Gasteiger partial charge in [-0.3, -0.25) is 0 Å². The molecular weight excluding hydrogens is 173 g/mol. The van der Waals surface area contributed by atoms with Crippen molar-refractivity contribution in [2.24, 2.45) is 0 Å². The molecule has 0 rings (SSSR count). The van der Waals surface area contributed by atoms with Gasteiger partial charge in [0.2, 0.25) is 0 Å². The van der Waals surface area contributed by atoms with Crippen LogP contribution in [0.15, 0.2) is 0 Å². The van der Waals surface area contributed by atoms with E-state index < -0.39 is 0 Å². The molecular formula is CaO2Ru+. The molecule has 0 fully saturated rings. The van der Waals surface area contributed by atoms with E-state index in [9.17, 15) is 0 Å². The predicted molar refractivity (Wildman–Crippen MR) is 7.13 cm³/mol. The Morgan fingerprint density at radius 1 is 1.25 bits per heavy atom. The van der Waals surface area contributed by atoms with Gasteiger partial charge in [-0.05, 0) is 0 Å². The summed E-state index contributed by atoms with van der Waals surface area (Å²) in [6, 6.07) is 0. The fourth-order valence-corrected chi connectivity index (χ4v) is 0. The Morgan fingerprint density at radius 3 is 1.25 bits per heavy atom. The van der Waals surface area contributed by atoms with Gasteiger partial charge in [-0.15, -0.1) is 0 Å². The maximum atomic E-state index is 8.18. The zero-order chi connectivity index (χ0) is 2.00. The van der Waals surface area contributed by atoms with Crippen molar-refractivity contribution in [1.29, 1.82) is 0 Å². The summed E-state index contributed by atoms with van der Waals surface area (Å²) in [5, 5.41) is 0. The summed E-state index contributed by atoms with van der Waals surface area (Å²) >= 11 is 1.10. The molecule has 0 spiro atoms. The van der Waals surface area contributed by atoms with Crippen molar-refractivity contribution in [2.75, 3.05) is 0 Å². The van der Waals surface area contributed by atoms with Gasteiger partial charge in [0.05, 0.1) is 0 Å². The minimum atomic E-state index is 0. The molecule has 0 aromatic rings. The van der Waals surface area contributed by atoms with Gasteiger partial charge in [-0.1, -0.05) is 0 Å². The number of rotatable bonds is 0.